The molecule has 4 heteroatoms. The van der Waals surface area contributed by atoms with Crippen LogP contribution in [-0.4, -0.2) is 36.6 Å². The van der Waals surface area contributed by atoms with E-state index in [1.807, 2.05) is 79.9 Å². The summed E-state index contributed by atoms with van der Waals surface area (Å²) in [6.07, 6.45) is 2.05. The molecular formula is C22H25NO2S. The lowest BCUT2D eigenvalue weighted by atomic mass is 10.1. The molecule has 0 aliphatic rings. The third kappa shape index (κ3) is 7.26. The third-order valence-electron chi connectivity index (χ3n) is 3.37. The van der Waals surface area contributed by atoms with Crippen molar-refractivity contribution in [3.8, 4) is 11.8 Å². The molecule has 1 heterocycles. The van der Waals surface area contributed by atoms with Crippen LogP contribution >= 0.6 is 11.3 Å². The van der Waals surface area contributed by atoms with Crippen molar-refractivity contribution in [1.29, 1.82) is 0 Å². The first-order chi connectivity index (χ1) is 12.3. The van der Waals surface area contributed by atoms with Crippen molar-refractivity contribution in [3.05, 3.63) is 64.4 Å². The highest BCUT2D eigenvalue weighted by molar-refractivity contribution is 7.08. The predicted octanol–water partition coefficient (Wildman–Crippen LogP) is 4.46. The maximum absolute atomic E-state index is 12.0. The number of allylic oxidation sites excluding steroid dienone is 1. The Bertz CT molecular complexity index is 790. The van der Waals surface area contributed by atoms with Crippen molar-refractivity contribution in [3.63, 3.8) is 0 Å². The maximum Gasteiger partial charge on any atom is 0.320 e. The Labute approximate surface area is 160 Å². The third-order valence-corrected chi connectivity index (χ3v) is 4.06. The van der Waals surface area contributed by atoms with Gasteiger partial charge in [-0.2, -0.15) is 11.3 Å². The minimum Gasteiger partial charge on any atom is -0.459 e. The van der Waals surface area contributed by atoms with Crippen LogP contribution in [0.25, 0.3) is 5.57 Å². The molecule has 0 bridgehead atoms. The number of likely N-dealkylation sites (N-methyl/N-ethyl adjacent to an activating group) is 1. The fourth-order valence-electron chi connectivity index (χ4n) is 2.24. The molecule has 2 rings (SSSR count). The zero-order chi connectivity index (χ0) is 19.0. The number of ether oxygens (including phenoxy) is 1. The van der Waals surface area contributed by atoms with E-state index in [0.717, 1.165) is 16.7 Å². The normalized spacial score (nSPS) is 11.8. The molecule has 0 saturated carbocycles. The smallest absolute Gasteiger partial charge is 0.320 e. The van der Waals surface area contributed by atoms with E-state index < -0.39 is 5.60 Å². The number of nitrogens with zero attached hydrogens (tertiary/aromatic N) is 1. The minimum absolute atomic E-state index is 0.223. The molecule has 3 nitrogen and oxygen atoms in total. The molecule has 0 amide bonds. The summed E-state index contributed by atoms with van der Waals surface area (Å²) in [6.45, 7) is 6.48. The van der Waals surface area contributed by atoms with Gasteiger partial charge in [-0.15, -0.1) is 0 Å². The molecule has 26 heavy (non-hydrogen) atoms. The van der Waals surface area contributed by atoms with Crippen LogP contribution in [-0.2, 0) is 9.53 Å². The second-order valence-electron chi connectivity index (χ2n) is 7.03. The van der Waals surface area contributed by atoms with Gasteiger partial charge < -0.3 is 4.74 Å². The summed E-state index contributed by atoms with van der Waals surface area (Å²) >= 11 is 1.63. The Morgan fingerprint density at radius 2 is 1.96 bits per heavy atom. The molecule has 0 spiro atoms. The summed E-state index contributed by atoms with van der Waals surface area (Å²) in [7, 11) is 1.90. The van der Waals surface area contributed by atoms with Crippen molar-refractivity contribution < 1.29 is 9.53 Å². The predicted molar refractivity (Wildman–Crippen MR) is 109 cm³/mol. The zero-order valence-electron chi connectivity index (χ0n) is 15.8. The second kappa shape index (κ2) is 9.38. The number of carbonyl (C=O) groups excluding carboxylic acids is 1. The molecule has 1 aromatic carbocycles. The Balaban J connectivity index is 2.09. The molecular weight excluding hydrogens is 342 g/mol. The van der Waals surface area contributed by atoms with E-state index in [1.165, 1.54) is 0 Å². The SMILES string of the molecule is CN(CC=C(C#Cc1ccsc1)c1ccccc1)CC(=O)OC(C)(C)C. The average Bonchev–Trinajstić information content (AvgIpc) is 3.07. The van der Waals surface area contributed by atoms with Gasteiger partial charge in [-0.05, 0) is 44.8 Å². The first-order valence-electron chi connectivity index (χ1n) is 8.54. The molecule has 1 aromatic heterocycles. The summed E-state index contributed by atoms with van der Waals surface area (Å²) in [6, 6.07) is 12.1. The van der Waals surface area contributed by atoms with Crippen LogP contribution in [0.2, 0.25) is 0 Å². The monoisotopic (exact) mass is 367 g/mol. The number of esters is 1. The van der Waals surface area contributed by atoms with E-state index in [9.17, 15) is 4.79 Å². The molecule has 0 aliphatic carbocycles. The van der Waals surface area contributed by atoms with Crippen molar-refractivity contribution in [2.45, 2.75) is 26.4 Å². The Morgan fingerprint density at radius 3 is 2.58 bits per heavy atom. The summed E-state index contributed by atoms with van der Waals surface area (Å²) in [5, 5.41) is 4.05. The number of hydrogen-bond donors (Lipinski definition) is 0. The van der Waals surface area contributed by atoms with Crippen molar-refractivity contribution >= 4 is 22.9 Å². The van der Waals surface area contributed by atoms with E-state index >= 15 is 0 Å². The Hall–Kier alpha value is -2.35. The highest BCUT2D eigenvalue weighted by Gasteiger charge is 2.17. The quantitative estimate of drug-likeness (QED) is 0.577. The van der Waals surface area contributed by atoms with Gasteiger partial charge in [-0.1, -0.05) is 48.2 Å². The van der Waals surface area contributed by atoms with Crippen molar-refractivity contribution in [2.75, 3.05) is 20.1 Å². The van der Waals surface area contributed by atoms with Crippen LogP contribution in [0, 0.1) is 11.8 Å². The highest BCUT2D eigenvalue weighted by Crippen LogP contribution is 2.14. The van der Waals surface area contributed by atoms with Gasteiger partial charge in [0.25, 0.3) is 0 Å². The highest BCUT2D eigenvalue weighted by atomic mass is 32.1. The van der Waals surface area contributed by atoms with Gasteiger partial charge >= 0.3 is 5.97 Å². The van der Waals surface area contributed by atoms with Gasteiger partial charge in [0.05, 0.1) is 6.54 Å². The molecule has 0 radical (unpaired) electrons. The Kier molecular flexibility index (Phi) is 7.20. The van der Waals surface area contributed by atoms with Crippen LogP contribution in [0.15, 0.2) is 53.2 Å². The van der Waals surface area contributed by atoms with Crippen LogP contribution in [0.4, 0.5) is 0 Å². The number of thiophene rings is 1. The second-order valence-corrected chi connectivity index (χ2v) is 7.81. The fraction of sp³-hybridized carbons (Fsp3) is 0.318. The van der Waals surface area contributed by atoms with Crippen molar-refractivity contribution in [1.82, 2.24) is 4.90 Å². The number of rotatable bonds is 5. The number of benzene rings is 1. The van der Waals surface area contributed by atoms with Crippen LogP contribution in [0.1, 0.15) is 31.9 Å². The van der Waals surface area contributed by atoms with E-state index in [1.54, 1.807) is 11.3 Å². The molecule has 2 aromatic rings. The van der Waals surface area contributed by atoms with Crippen LogP contribution in [0.3, 0.4) is 0 Å². The lowest BCUT2D eigenvalue weighted by Crippen LogP contribution is -2.32. The summed E-state index contributed by atoms with van der Waals surface area (Å²) in [4.78, 5) is 13.9. The molecule has 0 aliphatic heterocycles. The molecule has 0 saturated heterocycles. The topological polar surface area (TPSA) is 29.5 Å². The molecule has 0 N–H and O–H groups in total. The minimum atomic E-state index is -0.463. The van der Waals surface area contributed by atoms with E-state index in [4.69, 9.17) is 4.74 Å². The van der Waals surface area contributed by atoms with Crippen LogP contribution < -0.4 is 0 Å². The summed E-state index contributed by atoms with van der Waals surface area (Å²) < 4.78 is 5.37. The van der Waals surface area contributed by atoms with Gasteiger partial charge in [0.1, 0.15) is 5.60 Å². The lowest BCUT2D eigenvalue weighted by molar-refractivity contribution is -0.155. The summed E-state index contributed by atoms with van der Waals surface area (Å²) in [5.74, 6) is 6.24. The largest absolute Gasteiger partial charge is 0.459 e. The van der Waals surface area contributed by atoms with Gasteiger partial charge in [0.15, 0.2) is 0 Å². The number of carbonyl (C=O) groups is 1. The average molecular weight is 368 g/mol. The van der Waals surface area contributed by atoms with Crippen molar-refractivity contribution in [2.24, 2.45) is 0 Å². The lowest BCUT2D eigenvalue weighted by Gasteiger charge is -2.22. The van der Waals surface area contributed by atoms with Gasteiger partial charge in [0, 0.05) is 23.1 Å². The maximum atomic E-state index is 12.0. The van der Waals surface area contributed by atoms with Gasteiger partial charge in [-0.25, -0.2) is 0 Å². The van der Waals surface area contributed by atoms with Crippen LogP contribution in [0.5, 0.6) is 0 Å². The standard InChI is InChI=1S/C22H25NO2S/c1-22(2,3)25-21(24)16-23(4)14-12-20(19-8-6-5-7-9-19)11-10-18-13-15-26-17-18/h5-9,12-13,15,17H,14,16H2,1-4H3. The van der Waals surface area contributed by atoms with E-state index in [-0.39, 0.29) is 12.5 Å². The van der Waals surface area contributed by atoms with E-state index in [2.05, 4.69) is 17.9 Å². The zero-order valence-corrected chi connectivity index (χ0v) is 16.6. The first-order valence-corrected chi connectivity index (χ1v) is 9.48. The molecule has 136 valence electrons. The van der Waals surface area contributed by atoms with Gasteiger partial charge in [-0.3, -0.25) is 9.69 Å². The Morgan fingerprint density at radius 1 is 1.23 bits per heavy atom. The van der Waals surface area contributed by atoms with Gasteiger partial charge in [0.2, 0.25) is 0 Å². The number of hydrogen-bond acceptors (Lipinski definition) is 4. The molecule has 0 unspecified atom stereocenters. The molecule has 0 fully saturated rings. The molecule has 0 atom stereocenters. The van der Waals surface area contributed by atoms with E-state index in [0.29, 0.717) is 6.54 Å². The fourth-order valence-corrected chi connectivity index (χ4v) is 2.83. The summed E-state index contributed by atoms with van der Waals surface area (Å²) in [5.41, 5.74) is 2.57. The first kappa shape index (κ1) is 20.0.